The van der Waals surface area contributed by atoms with Crippen molar-refractivity contribution in [3.63, 3.8) is 0 Å². The summed E-state index contributed by atoms with van der Waals surface area (Å²) in [5.41, 5.74) is 2.58. The van der Waals surface area contributed by atoms with Gasteiger partial charge in [-0.15, -0.1) is 0 Å². The van der Waals surface area contributed by atoms with Crippen LogP contribution in [-0.4, -0.2) is 13.2 Å². The lowest BCUT2D eigenvalue weighted by molar-refractivity contribution is 0.322. The molecule has 0 atom stereocenters. The maximum Gasteiger partial charge on any atom is 0.119 e. The molecule has 0 aliphatic carbocycles. The van der Waals surface area contributed by atoms with Crippen LogP contribution in [0.3, 0.4) is 0 Å². The van der Waals surface area contributed by atoms with Crippen LogP contribution in [0.15, 0.2) is 121 Å². The van der Waals surface area contributed by atoms with Gasteiger partial charge >= 0.3 is 0 Å². The summed E-state index contributed by atoms with van der Waals surface area (Å²) in [6, 6.07) is 42.7. The zero-order valence-corrected chi connectivity index (χ0v) is 20.2. The van der Waals surface area contributed by atoms with Crippen molar-refractivity contribution in [3.05, 3.63) is 132 Å². The second-order valence-electron chi connectivity index (χ2n) is 9.23. The lowest BCUT2D eigenvalue weighted by Crippen LogP contribution is -2.02. The van der Waals surface area contributed by atoms with E-state index in [0.29, 0.717) is 13.2 Å². The number of hydrogen-bond acceptors (Lipinski definition) is 2. The van der Waals surface area contributed by atoms with E-state index >= 15 is 0 Å². The second-order valence-corrected chi connectivity index (χ2v) is 9.23. The summed E-state index contributed by atoms with van der Waals surface area (Å²) in [5, 5.41) is 7.41. The molecule has 0 saturated carbocycles. The van der Waals surface area contributed by atoms with E-state index in [1.54, 1.807) is 0 Å². The zero-order chi connectivity index (χ0) is 24.2. The van der Waals surface area contributed by atoms with E-state index in [9.17, 15) is 0 Å². The molecule has 36 heavy (non-hydrogen) atoms. The number of benzene rings is 6. The van der Waals surface area contributed by atoms with Crippen molar-refractivity contribution in [2.45, 2.75) is 12.8 Å². The minimum Gasteiger partial charge on any atom is -0.493 e. The third-order valence-corrected chi connectivity index (χ3v) is 6.73. The van der Waals surface area contributed by atoms with Gasteiger partial charge in [0.15, 0.2) is 0 Å². The van der Waals surface area contributed by atoms with Crippen LogP contribution in [0.4, 0.5) is 0 Å². The van der Waals surface area contributed by atoms with E-state index in [2.05, 4.69) is 109 Å². The third kappa shape index (κ3) is 5.04. The average Bonchev–Trinajstić information content (AvgIpc) is 2.93. The number of fused-ring (bicyclic) bond motifs is 3. The first-order valence-corrected chi connectivity index (χ1v) is 12.5. The van der Waals surface area contributed by atoms with Gasteiger partial charge in [0.1, 0.15) is 11.5 Å². The molecule has 0 bridgehead atoms. The second kappa shape index (κ2) is 10.1. The molecular formula is C34H28O2. The fourth-order valence-corrected chi connectivity index (χ4v) is 4.74. The van der Waals surface area contributed by atoms with Crippen LogP contribution < -0.4 is 9.47 Å². The molecule has 2 heteroatoms. The number of ether oxygens (including phenoxy) is 2. The van der Waals surface area contributed by atoms with Gasteiger partial charge in [0.05, 0.1) is 13.2 Å². The third-order valence-electron chi connectivity index (χ3n) is 6.73. The maximum absolute atomic E-state index is 6.04. The highest BCUT2D eigenvalue weighted by atomic mass is 16.5. The summed E-state index contributed by atoms with van der Waals surface area (Å²) in [4.78, 5) is 0. The molecule has 0 amide bonds. The average molecular weight is 469 g/mol. The van der Waals surface area contributed by atoms with Crippen LogP contribution in [0, 0.1) is 0 Å². The van der Waals surface area contributed by atoms with Gasteiger partial charge in [-0.05, 0) is 67.7 Å². The molecule has 0 N–H and O–H groups in total. The minimum absolute atomic E-state index is 0.661. The molecule has 0 spiro atoms. The Morgan fingerprint density at radius 2 is 0.750 bits per heavy atom. The largest absolute Gasteiger partial charge is 0.493 e. The summed E-state index contributed by atoms with van der Waals surface area (Å²) in [7, 11) is 0. The van der Waals surface area contributed by atoms with Crippen LogP contribution in [-0.2, 0) is 12.8 Å². The van der Waals surface area contributed by atoms with Gasteiger partial charge in [0, 0.05) is 12.8 Å². The quantitative estimate of drug-likeness (QED) is 0.223. The van der Waals surface area contributed by atoms with Crippen molar-refractivity contribution in [2.75, 3.05) is 13.2 Å². The van der Waals surface area contributed by atoms with E-state index < -0.39 is 0 Å². The Balaban J connectivity index is 1.04. The van der Waals surface area contributed by atoms with Crippen molar-refractivity contribution < 1.29 is 9.47 Å². The molecule has 6 aromatic rings. The Morgan fingerprint density at radius 3 is 1.22 bits per heavy atom. The Morgan fingerprint density at radius 1 is 0.361 bits per heavy atom. The first kappa shape index (κ1) is 22.2. The Kier molecular flexibility index (Phi) is 6.24. The molecule has 6 rings (SSSR count). The normalized spacial score (nSPS) is 11.2. The monoisotopic (exact) mass is 468 g/mol. The smallest absolute Gasteiger partial charge is 0.119 e. The standard InChI is InChI=1S/C34H28O2/c1-3-7-29-23-33(15-13-27(29)5-1)35-19-17-25-9-11-32-22-26(10-12-31(32)21-25)18-20-36-34-16-14-28-6-2-4-8-30(28)24-34/h1-16,21-24H,17-20H2. The van der Waals surface area contributed by atoms with Gasteiger partial charge in [0.25, 0.3) is 0 Å². The van der Waals surface area contributed by atoms with Crippen molar-refractivity contribution >= 4 is 32.3 Å². The van der Waals surface area contributed by atoms with E-state index in [-0.39, 0.29) is 0 Å². The first-order chi connectivity index (χ1) is 17.8. The van der Waals surface area contributed by atoms with Crippen molar-refractivity contribution in [1.82, 2.24) is 0 Å². The molecule has 0 aliphatic rings. The molecule has 0 radical (unpaired) electrons. The van der Waals surface area contributed by atoms with E-state index in [0.717, 1.165) is 24.3 Å². The van der Waals surface area contributed by atoms with Gasteiger partial charge in [-0.1, -0.05) is 97.1 Å². The maximum atomic E-state index is 6.04. The molecular weight excluding hydrogens is 440 g/mol. The lowest BCUT2D eigenvalue weighted by Gasteiger charge is -2.10. The van der Waals surface area contributed by atoms with Crippen LogP contribution >= 0.6 is 0 Å². The molecule has 6 aromatic carbocycles. The van der Waals surface area contributed by atoms with Gasteiger partial charge in [0.2, 0.25) is 0 Å². The van der Waals surface area contributed by atoms with Gasteiger partial charge in [-0.3, -0.25) is 0 Å². The molecule has 0 unspecified atom stereocenters. The topological polar surface area (TPSA) is 18.5 Å². The molecule has 0 aromatic heterocycles. The van der Waals surface area contributed by atoms with Crippen LogP contribution in [0.25, 0.3) is 32.3 Å². The van der Waals surface area contributed by atoms with E-state index in [1.165, 1.54) is 43.4 Å². The SMILES string of the molecule is c1ccc2cc(OCCc3ccc4cc(CCOc5ccc6ccccc6c5)ccc4c3)ccc2c1. The van der Waals surface area contributed by atoms with Crippen molar-refractivity contribution in [1.29, 1.82) is 0 Å². The van der Waals surface area contributed by atoms with Crippen molar-refractivity contribution in [3.8, 4) is 11.5 Å². The van der Waals surface area contributed by atoms with E-state index in [1.807, 2.05) is 12.1 Å². The van der Waals surface area contributed by atoms with Crippen LogP contribution in [0.5, 0.6) is 11.5 Å². The molecule has 0 aliphatic heterocycles. The summed E-state index contributed by atoms with van der Waals surface area (Å²) in [6.07, 6.45) is 1.76. The van der Waals surface area contributed by atoms with E-state index in [4.69, 9.17) is 9.47 Å². The van der Waals surface area contributed by atoms with Crippen LogP contribution in [0.1, 0.15) is 11.1 Å². The molecule has 2 nitrogen and oxygen atoms in total. The van der Waals surface area contributed by atoms with Gasteiger partial charge in [-0.25, -0.2) is 0 Å². The van der Waals surface area contributed by atoms with Gasteiger partial charge < -0.3 is 9.47 Å². The minimum atomic E-state index is 0.661. The Bertz CT molecular complexity index is 1530. The summed E-state index contributed by atoms with van der Waals surface area (Å²) in [5.74, 6) is 1.84. The Labute approximate surface area is 211 Å². The molecule has 0 heterocycles. The highest BCUT2D eigenvalue weighted by Gasteiger charge is 2.03. The zero-order valence-electron chi connectivity index (χ0n) is 20.2. The molecule has 0 saturated heterocycles. The first-order valence-electron chi connectivity index (χ1n) is 12.5. The highest BCUT2D eigenvalue weighted by Crippen LogP contribution is 2.23. The highest BCUT2D eigenvalue weighted by molar-refractivity contribution is 5.85. The summed E-state index contributed by atoms with van der Waals surface area (Å²) in [6.45, 7) is 1.32. The number of rotatable bonds is 8. The summed E-state index contributed by atoms with van der Waals surface area (Å²) < 4.78 is 12.1. The Hall–Kier alpha value is -4.30. The lowest BCUT2D eigenvalue weighted by atomic mass is 10.0. The fourth-order valence-electron chi connectivity index (χ4n) is 4.74. The predicted octanol–water partition coefficient (Wildman–Crippen LogP) is 8.39. The predicted molar refractivity (Wildman–Crippen MR) is 150 cm³/mol. The molecule has 176 valence electrons. The summed E-state index contributed by atoms with van der Waals surface area (Å²) >= 11 is 0. The fraction of sp³-hybridized carbons (Fsp3) is 0.118. The molecule has 0 fully saturated rings. The van der Waals surface area contributed by atoms with Crippen molar-refractivity contribution in [2.24, 2.45) is 0 Å². The van der Waals surface area contributed by atoms with Gasteiger partial charge in [-0.2, -0.15) is 0 Å². The number of hydrogen-bond donors (Lipinski definition) is 0. The van der Waals surface area contributed by atoms with Crippen LogP contribution in [0.2, 0.25) is 0 Å².